The van der Waals surface area contributed by atoms with Crippen molar-refractivity contribution in [3.63, 3.8) is 0 Å². The number of nitrogens with zero attached hydrogens (tertiary/aromatic N) is 3. The molecule has 0 aliphatic rings. The molecular formula is C13H14ClN3O2. The van der Waals surface area contributed by atoms with Gasteiger partial charge in [-0.15, -0.1) is 0 Å². The molecule has 0 N–H and O–H groups in total. The van der Waals surface area contributed by atoms with Crippen molar-refractivity contribution in [1.29, 1.82) is 0 Å². The van der Waals surface area contributed by atoms with Crippen molar-refractivity contribution in [2.75, 3.05) is 0 Å². The van der Waals surface area contributed by atoms with E-state index in [4.69, 9.17) is 16.1 Å². The largest absolute Gasteiger partial charge is 0.338 e. The van der Waals surface area contributed by atoms with Gasteiger partial charge >= 0.3 is 0 Å². The van der Waals surface area contributed by atoms with E-state index >= 15 is 0 Å². The molecule has 0 spiro atoms. The Labute approximate surface area is 116 Å². The minimum absolute atomic E-state index is 0.0808. The van der Waals surface area contributed by atoms with E-state index in [1.807, 2.05) is 13.8 Å². The van der Waals surface area contributed by atoms with E-state index in [-0.39, 0.29) is 12.2 Å². The predicted molar refractivity (Wildman–Crippen MR) is 70.7 cm³/mol. The van der Waals surface area contributed by atoms with Crippen molar-refractivity contribution in [2.24, 2.45) is 5.92 Å². The average molecular weight is 280 g/mol. The van der Waals surface area contributed by atoms with Crippen LogP contribution in [0, 0.1) is 5.92 Å². The van der Waals surface area contributed by atoms with Crippen molar-refractivity contribution >= 4 is 17.4 Å². The highest BCUT2D eigenvalue weighted by Gasteiger charge is 2.15. The fourth-order valence-electron chi connectivity index (χ4n) is 1.67. The summed E-state index contributed by atoms with van der Waals surface area (Å²) in [4.78, 5) is 19.9. The molecule has 6 heteroatoms. The Hall–Kier alpha value is -1.75. The number of Topliss-reactive ketones (excluding diaryl/α,β-unsaturated/α-hetero) is 1. The molecule has 19 heavy (non-hydrogen) atoms. The Morgan fingerprint density at radius 1 is 1.47 bits per heavy atom. The van der Waals surface area contributed by atoms with Gasteiger partial charge in [-0.25, -0.2) is 0 Å². The highest BCUT2D eigenvalue weighted by molar-refractivity contribution is 6.32. The number of carbonyl (C=O) groups excluding carboxylic acids is 1. The summed E-state index contributed by atoms with van der Waals surface area (Å²) < 4.78 is 5.05. The van der Waals surface area contributed by atoms with Crippen molar-refractivity contribution < 1.29 is 9.32 Å². The summed E-state index contributed by atoms with van der Waals surface area (Å²) in [5.41, 5.74) is 0.454. The molecule has 0 amide bonds. The maximum atomic E-state index is 11.7. The first-order valence-corrected chi connectivity index (χ1v) is 6.39. The Kier molecular flexibility index (Phi) is 4.27. The molecule has 0 unspecified atom stereocenters. The number of hydrogen-bond acceptors (Lipinski definition) is 5. The number of halogens is 1. The fraction of sp³-hybridized carbons (Fsp3) is 0.385. The van der Waals surface area contributed by atoms with Crippen LogP contribution in [0.1, 0.15) is 26.2 Å². The van der Waals surface area contributed by atoms with Crippen LogP contribution in [0.4, 0.5) is 0 Å². The third-order valence-electron chi connectivity index (χ3n) is 2.42. The van der Waals surface area contributed by atoms with Crippen LogP contribution >= 0.6 is 11.6 Å². The number of pyridine rings is 1. The van der Waals surface area contributed by atoms with Gasteiger partial charge in [0.1, 0.15) is 11.5 Å². The van der Waals surface area contributed by atoms with Gasteiger partial charge in [0.2, 0.25) is 11.7 Å². The zero-order valence-electron chi connectivity index (χ0n) is 10.8. The zero-order valence-corrected chi connectivity index (χ0v) is 11.5. The molecule has 100 valence electrons. The first-order chi connectivity index (χ1) is 9.06. The molecule has 0 bridgehead atoms. The molecule has 0 saturated carbocycles. The second-order valence-electron chi connectivity index (χ2n) is 4.66. The molecule has 0 atom stereocenters. The maximum Gasteiger partial charge on any atom is 0.234 e. The van der Waals surface area contributed by atoms with Gasteiger partial charge in [0, 0.05) is 12.6 Å². The van der Waals surface area contributed by atoms with E-state index in [1.54, 1.807) is 18.3 Å². The molecule has 0 aliphatic heterocycles. The molecule has 2 aromatic heterocycles. The summed E-state index contributed by atoms with van der Waals surface area (Å²) in [6.45, 7) is 3.98. The van der Waals surface area contributed by atoms with E-state index in [1.165, 1.54) is 0 Å². The normalized spacial score (nSPS) is 10.9. The Balaban J connectivity index is 2.12. The van der Waals surface area contributed by atoms with Gasteiger partial charge in [0.15, 0.2) is 0 Å². The highest BCUT2D eigenvalue weighted by atomic mass is 35.5. The first-order valence-electron chi connectivity index (χ1n) is 6.01. The Bertz CT molecular complexity index is 581. The number of ketones is 1. The molecule has 2 aromatic rings. The van der Waals surface area contributed by atoms with Crippen molar-refractivity contribution in [2.45, 2.75) is 26.7 Å². The highest BCUT2D eigenvalue weighted by Crippen LogP contribution is 2.22. The predicted octanol–water partition coefficient (Wildman–Crippen LogP) is 2.94. The van der Waals surface area contributed by atoms with Gasteiger partial charge < -0.3 is 4.52 Å². The Morgan fingerprint density at radius 2 is 2.26 bits per heavy atom. The monoisotopic (exact) mass is 279 g/mol. The molecule has 2 heterocycles. The molecule has 0 fully saturated rings. The lowest BCUT2D eigenvalue weighted by Crippen LogP contribution is -2.06. The molecule has 0 radical (unpaired) electrons. The molecule has 0 aliphatic carbocycles. The van der Waals surface area contributed by atoms with Gasteiger partial charge in [0.05, 0.1) is 11.4 Å². The van der Waals surface area contributed by atoms with E-state index < -0.39 is 0 Å². The quantitative estimate of drug-likeness (QED) is 0.841. The molecule has 5 nitrogen and oxygen atoms in total. The van der Waals surface area contributed by atoms with Gasteiger partial charge in [-0.05, 0) is 18.1 Å². The van der Waals surface area contributed by atoms with Gasteiger partial charge in [-0.3, -0.25) is 9.78 Å². The standard InChI is InChI=1S/C13H14ClN3O2/c1-8(2)6-9(18)7-11-16-13(17-19-11)12-10(14)4-3-5-15-12/h3-5,8H,6-7H2,1-2H3. The minimum atomic E-state index is 0.0808. The van der Waals surface area contributed by atoms with Crippen LogP contribution in [-0.2, 0) is 11.2 Å². The first kappa shape index (κ1) is 13.7. The van der Waals surface area contributed by atoms with Crippen LogP contribution in [0.2, 0.25) is 5.02 Å². The summed E-state index contributed by atoms with van der Waals surface area (Å²) in [5.74, 6) is 0.998. The molecular weight excluding hydrogens is 266 g/mol. The zero-order chi connectivity index (χ0) is 13.8. The van der Waals surface area contributed by atoms with Crippen molar-refractivity contribution in [1.82, 2.24) is 15.1 Å². The number of hydrogen-bond donors (Lipinski definition) is 0. The third kappa shape index (κ3) is 3.61. The van der Waals surface area contributed by atoms with Crippen LogP contribution < -0.4 is 0 Å². The lowest BCUT2D eigenvalue weighted by Gasteiger charge is -2.00. The van der Waals surface area contributed by atoms with Gasteiger partial charge in [-0.1, -0.05) is 30.6 Å². The lowest BCUT2D eigenvalue weighted by molar-refractivity contribution is -0.119. The summed E-state index contributed by atoms with van der Waals surface area (Å²) >= 11 is 5.99. The number of carbonyl (C=O) groups is 1. The number of rotatable bonds is 5. The summed E-state index contributed by atoms with van der Waals surface area (Å²) in [6, 6.07) is 3.42. The van der Waals surface area contributed by atoms with E-state index in [2.05, 4.69) is 15.1 Å². The van der Waals surface area contributed by atoms with E-state index in [0.717, 1.165) is 0 Å². The maximum absolute atomic E-state index is 11.7. The number of aromatic nitrogens is 3. The second-order valence-corrected chi connectivity index (χ2v) is 5.07. The van der Waals surface area contributed by atoms with Gasteiger partial charge in [0.25, 0.3) is 0 Å². The topological polar surface area (TPSA) is 68.9 Å². The van der Waals surface area contributed by atoms with Crippen LogP contribution in [0.3, 0.4) is 0 Å². The Morgan fingerprint density at radius 3 is 2.95 bits per heavy atom. The summed E-state index contributed by atoms with van der Waals surface area (Å²) in [7, 11) is 0. The second kappa shape index (κ2) is 5.93. The minimum Gasteiger partial charge on any atom is -0.338 e. The molecule has 0 saturated heterocycles. The summed E-state index contributed by atoms with van der Waals surface area (Å²) in [6.07, 6.45) is 2.25. The SMILES string of the molecule is CC(C)CC(=O)Cc1nc(-c2ncccc2Cl)no1. The van der Waals surface area contributed by atoms with Gasteiger partial charge in [-0.2, -0.15) is 4.98 Å². The van der Waals surface area contributed by atoms with Crippen LogP contribution in [0.15, 0.2) is 22.9 Å². The summed E-state index contributed by atoms with van der Waals surface area (Å²) in [5, 5.41) is 4.24. The van der Waals surface area contributed by atoms with E-state index in [9.17, 15) is 4.79 Å². The van der Waals surface area contributed by atoms with Crippen molar-refractivity contribution in [3.8, 4) is 11.5 Å². The molecule has 0 aromatic carbocycles. The van der Waals surface area contributed by atoms with Crippen LogP contribution in [-0.4, -0.2) is 20.9 Å². The van der Waals surface area contributed by atoms with Crippen LogP contribution in [0.5, 0.6) is 0 Å². The van der Waals surface area contributed by atoms with E-state index in [0.29, 0.717) is 34.8 Å². The van der Waals surface area contributed by atoms with Crippen molar-refractivity contribution in [3.05, 3.63) is 29.2 Å². The lowest BCUT2D eigenvalue weighted by atomic mass is 10.1. The van der Waals surface area contributed by atoms with Crippen LogP contribution in [0.25, 0.3) is 11.5 Å². The third-order valence-corrected chi connectivity index (χ3v) is 2.73. The average Bonchev–Trinajstić information content (AvgIpc) is 2.76. The smallest absolute Gasteiger partial charge is 0.234 e. The fourth-order valence-corrected chi connectivity index (χ4v) is 1.88. The molecule has 2 rings (SSSR count).